The largest absolute Gasteiger partial charge is 0.452 e. The lowest BCUT2D eigenvalue weighted by molar-refractivity contribution is -0.152. The summed E-state index contributed by atoms with van der Waals surface area (Å²) in [6.07, 6.45) is 3.63. The Kier molecular flexibility index (Phi) is 6.51. The highest BCUT2D eigenvalue weighted by atomic mass is 32.2. The van der Waals surface area contributed by atoms with Gasteiger partial charge in [0, 0.05) is 10.9 Å². The topological polar surface area (TPSA) is 55.4 Å². The first kappa shape index (κ1) is 17.9. The van der Waals surface area contributed by atoms with Gasteiger partial charge in [-0.25, -0.2) is 0 Å². The fraction of sp³-hybridized carbons (Fsp3) is 0.556. The minimum absolute atomic E-state index is 0.193. The predicted molar refractivity (Wildman–Crippen MR) is 92.6 cm³/mol. The molecule has 1 atom stereocenters. The van der Waals surface area contributed by atoms with Gasteiger partial charge in [0.1, 0.15) is 0 Å². The van der Waals surface area contributed by atoms with E-state index in [9.17, 15) is 9.59 Å². The van der Waals surface area contributed by atoms with Crippen LogP contribution in [0.15, 0.2) is 23.1 Å². The molecule has 0 heterocycles. The number of carbonyl (C=O) groups is 2. The zero-order chi connectivity index (χ0) is 16.8. The quantitative estimate of drug-likeness (QED) is 0.639. The number of benzene rings is 1. The standard InChI is InChI=1S/C18H25NO3S/c1-12-8-9-16(10-13(12)2)23-11-17(20)22-14(3)18(21)19-15-6-4-5-7-15/h8-10,14-15H,4-7,11H2,1-3H3,(H,19,21)/t14-/m0/s1. The maximum atomic E-state index is 12.0. The van der Waals surface area contributed by atoms with Crippen molar-refractivity contribution in [1.82, 2.24) is 5.32 Å². The van der Waals surface area contributed by atoms with Crippen LogP contribution in [0.2, 0.25) is 0 Å². The van der Waals surface area contributed by atoms with Crippen molar-refractivity contribution in [2.24, 2.45) is 0 Å². The molecule has 1 aromatic rings. The van der Waals surface area contributed by atoms with E-state index in [0.29, 0.717) is 0 Å². The minimum atomic E-state index is -0.733. The average molecular weight is 335 g/mol. The normalized spacial score (nSPS) is 16.1. The Bertz CT molecular complexity index is 567. The molecule has 23 heavy (non-hydrogen) atoms. The number of nitrogens with one attached hydrogen (secondary N) is 1. The van der Waals surface area contributed by atoms with E-state index < -0.39 is 6.10 Å². The Hall–Kier alpha value is -1.49. The molecule has 1 aliphatic rings. The lowest BCUT2D eigenvalue weighted by Crippen LogP contribution is -2.41. The summed E-state index contributed by atoms with van der Waals surface area (Å²) in [4.78, 5) is 24.9. The highest BCUT2D eigenvalue weighted by Gasteiger charge is 2.22. The number of ether oxygens (including phenoxy) is 1. The lowest BCUT2D eigenvalue weighted by atomic mass is 10.1. The van der Waals surface area contributed by atoms with Crippen molar-refractivity contribution in [1.29, 1.82) is 0 Å². The van der Waals surface area contributed by atoms with Crippen LogP contribution in [-0.2, 0) is 14.3 Å². The molecule has 0 saturated heterocycles. The monoisotopic (exact) mass is 335 g/mol. The molecule has 0 spiro atoms. The summed E-state index contributed by atoms with van der Waals surface area (Å²) in [7, 11) is 0. The van der Waals surface area contributed by atoms with Crippen LogP contribution in [0.4, 0.5) is 0 Å². The van der Waals surface area contributed by atoms with Gasteiger partial charge in [0.05, 0.1) is 5.75 Å². The first-order valence-corrected chi connectivity index (χ1v) is 9.14. The number of aryl methyl sites for hydroxylation is 2. The molecular formula is C18H25NO3S. The van der Waals surface area contributed by atoms with Crippen molar-refractivity contribution in [2.75, 3.05) is 5.75 Å². The third-order valence-electron chi connectivity index (χ3n) is 4.21. The fourth-order valence-corrected chi connectivity index (χ4v) is 3.40. The molecule has 4 nitrogen and oxygen atoms in total. The van der Waals surface area contributed by atoms with Crippen LogP contribution in [0.3, 0.4) is 0 Å². The molecular weight excluding hydrogens is 310 g/mol. The summed E-state index contributed by atoms with van der Waals surface area (Å²) < 4.78 is 5.23. The van der Waals surface area contributed by atoms with Crippen molar-refractivity contribution >= 4 is 23.6 Å². The highest BCUT2D eigenvalue weighted by Crippen LogP contribution is 2.21. The van der Waals surface area contributed by atoms with Crippen LogP contribution in [0.5, 0.6) is 0 Å². The van der Waals surface area contributed by atoms with E-state index >= 15 is 0 Å². The third kappa shape index (κ3) is 5.57. The van der Waals surface area contributed by atoms with Crippen LogP contribution in [0.1, 0.15) is 43.7 Å². The highest BCUT2D eigenvalue weighted by molar-refractivity contribution is 8.00. The van der Waals surface area contributed by atoms with E-state index in [0.717, 1.165) is 30.6 Å². The maximum Gasteiger partial charge on any atom is 0.317 e. The van der Waals surface area contributed by atoms with E-state index in [2.05, 4.69) is 18.3 Å². The van der Waals surface area contributed by atoms with E-state index in [1.54, 1.807) is 6.92 Å². The number of amides is 1. The molecule has 2 rings (SSSR count). The van der Waals surface area contributed by atoms with Crippen LogP contribution >= 0.6 is 11.8 Å². The van der Waals surface area contributed by atoms with E-state index in [1.807, 2.05) is 19.1 Å². The van der Waals surface area contributed by atoms with Crippen molar-refractivity contribution in [2.45, 2.75) is 63.5 Å². The van der Waals surface area contributed by atoms with Crippen LogP contribution in [0, 0.1) is 13.8 Å². The van der Waals surface area contributed by atoms with Crippen molar-refractivity contribution in [3.63, 3.8) is 0 Å². The number of esters is 1. The Morgan fingerprint density at radius 1 is 1.26 bits per heavy atom. The summed E-state index contributed by atoms with van der Waals surface area (Å²) in [5.41, 5.74) is 2.43. The summed E-state index contributed by atoms with van der Waals surface area (Å²) in [5, 5.41) is 2.95. The van der Waals surface area contributed by atoms with Crippen molar-refractivity contribution < 1.29 is 14.3 Å². The Balaban J connectivity index is 1.74. The molecule has 1 amide bonds. The molecule has 5 heteroatoms. The summed E-state index contributed by atoms with van der Waals surface area (Å²) in [5.74, 6) is -0.340. The van der Waals surface area contributed by atoms with E-state index in [1.165, 1.54) is 22.9 Å². The SMILES string of the molecule is Cc1ccc(SCC(=O)O[C@@H](C)C(=O)NC2CCCC2)cc1C. The summed E-state index contributed by atoms with van der Waals surface area (Å²) in [6.45, 7) is 5.73. The average Bonchev–Trinajstić information content (AvgIpc) is 3.01. The molecule has 0 aliphatic heterocycles. The molecule has 0 aromatic heterocycles. The van der Waals surface area contributed by atoms with Crippen LogP contribution in [-0.4, -0.2) is 29.8 Å². The Morgan fingerprint density at radius 3 is 2.61 bits per heavy atom. The molecule has 1 saturated carbocycles. The number of hydrogen-bond acceptors (Lipinski definition) is 4. The van der Waals surface area contributed by atoms with Gasteiger partial charge in [-0.05, 0) is 56.9 Å². The molecule has 1 aromatic carbocycles. The van der Waals surface area contributed by atoms with Gasteiger partial charge >= 0.3 is 5.97 Å². The Morgan fingerprint density at radius 2 is 1.96 bits per heavy atom. The maximum absolute atomic E-state index is 12.0. The molecule has 1 aliphatic carbocycles. The number of thioether (sulfide) groups is 1. The minimum Gasteiger partial charge on any atom is -0.452 e. The zero-order valence-electron chi connectivity index (χ0n) is 14.1. The van der Waals surface area contributed by atoms with Gasteiger partial charge in [0.2, 0.25) is 0 Å². The van der Waals surface area contributed by atoms with Gasteiger partial charge in [0.15, 0.2) is 6.10 Å². The van der Waals surface area contributed by atoms with Crippen molar-refractivity contribution in [3.05, 3.63) is 29.3 Å². The lowest BCUT2D eigenvalue weighted by Gasteiger charge is -2.17. The predicted octanol–water partition coefficient (Wildman–Crippen LogP) is 3.39. The Labute approximate surface area is 142 Å². The number of carbonyl (C=O) groups excluding carboxylic acids is 2. The van der Waals surface area contributed by atoms with Gasteiger partial charge in [-0.1, -0.05) is 18.9 Å². The van der Waals surface area contributed by atoms with Gasteiger partial charge in [0.25, 0.3) is 5.91 Å². The molecule has 0 bridgehead atoms. The third-order valence-corrected chi connectivity index (χ3v) is 5.18. The fourth-order valence-electron chi connectivity index (χ4n) is 2.62. The van der Waals surface area contributed by atoms with E-state index in [4.69, 9.17) is 4.74 Å². The summed E-state index contributed by atoms with van der Waals surface area (Å²) in [6, 6.07) is 6.34. The second-order valence-electron chi connectivity index (χ2n) is 6.16. The van der Waals surface area contributed by atoms with Crippen LogP contribution < -0.4 is 5.32 Å². The van der Waals surface area contributed by atoms with Gasteiger partial charge in [-0.3, -0.25) is 9.59 Å². The van der Waals surface area contributed by atoms with Gasteiger partial charge < -0.3 is 10.1 Å². The van der Waals surface area contributed by atoms with Gasteiger partial charge in [-0.2, -0.15) is 0 Å². The molecule has 0 radical (unpaired) electrons. The zero-order valence-corrected chi connectivity index (χ0v) is 14.9. The second-order valence-corrected chi connectivity index (χ2v) is 7.21. The second kappa shape index (κ2) is 8.39. The van der Waals surface area contributed by atoms with Crippen LogP contribution in [0.25, 0.3) is 0 Å². The molecule has 0 unspecified atom stereocenters. The first-order chi connectivity index (χ1) is 11.0. The van der Waals surface area contributed by atoms with Crippen molar-refractivity contribution in [3.8, 4) is 0 Å². The molecule has 126 valence electrons. The first-order valence-electron chi connectivity index (χ1n) is 8.15. The smallest absolute Gasteiger partial charge is 0.317 e. The summed E-state index contributed by atoms with van der Waals surface area (Å²) >= 11 is 1.43. The molecule has 1 N–H and O–H groups in total. The number of hydrogen-bond donors (Lipinski definition) is 1. The molecule has 1 fully saturated rings. The number of rotatable bonds is 6. The van der Waals surface area contributed by atoms with Gasteiger partial charge in [-0.15, -0.1) is 11.8 Å². The van der Waals surface area contributed by atoms with E-state index in [-0.39, 0.29) is 23.7 Å².